The summed E-state index contributed by atoms with van der Waals surface area (Å²) in [5.74, 6) is -0.899. The number of sulfone groups is 1. The SMILES string of the molecule is CC(=O)O[C@@H]([C@@H](O)[C@H](O)CO[Si](c1ccccc1)(c1ccccc1)C(C)(C)C)S(=O)(=O)c1ccccc1. The van der Waals surface area contributed by atoms with Crippen LogP contribution in [-0.4, -0.2) is 57.2 Å². The lowest BCUT2D eigenvalue weighted by atomic mass is 10.2. The normalized spacial score (nSPS) is 15.0. The van der Waals surface area contributed by atoms with Crippen molar-refractivity contribution in [2.75, 3.05) is 6.61 Å². The summed E-state index contributed by atoms with van der Waals surface area (Å²) in [5.41, 5.74) is -2.01. The van der Waals surface area contributed by atoms with Gasteiger partial charge in [0.1, 0.15) is 12.2 Å². The van der Waals surface area contributed by atoms with Crippen LogP contribution in [0.3, 0.4) is 0 Å². The first kappa shape index (κ1) is 28.7. The molecule has 0 amide bonds. The van der Waals surface area contributed by atoms with E-state index in [0.717, 1.165) is 17.3 Å². The van der Waals surface area contributed by atoms with Crippen molar-refractivity contribution in [3.8, 4) is 0 Å². The zero-order valence-electron chi connectivity index (χ0n) is 21.4. The third-order valence-electron chi connectivity index (χ3n) is 6.22. The second-order valence-electron chi connectivity index (χ2n) is 9.87. The lowest BCUT2D eigenvalue weighted by Crippen LogP contribution is -2.67. The van der Waals surface area contributed by atoms with Crippen LogP contribution >= 0.6 is 0 Å². The third-order valence-corrected chi connectivity index (χ3v) is 13.1. The predicted octanol–water partition coefficient (Wildman–Crippen LogP) is 2.65. The number of hydrogen-bond acceptors (Lipinski definition) is 7. The fraction of sp³-hybridized carbons (Fsp3) is 0.321. The summed E-state index contributed by atoms with van der Waals surface area (Å²) in [6.07, 6.45) is -3.61. The van der Waals surface area contributed by atoms with Gasteiger partial charge in [0.2, 0.25) is 15.3 Å². The van der Waals surface area contributed by atoms with Gasteiger partial charge in [0, 0.05) is 6.92 Å². The van der Waals surface area contributed by atoms with Gasteiger partial charge in [-0.2, -0.15) is 0 Å². The standard InChI is InChI=1S/C28H34O7SSi/c1-21(29)35-27(36(32,33)22-14-8-5-9-15-22)26(31)25(30)20-34-37(28(2,3)4,23-16-10-6-11-17-23)24-18-12-7-13-19-24/h5-19,25-27,30-31H,20H2,1-4H3/t25-,26+,27-/m1/s1. The van der Waals surface area contributed by atoms with Gasteiger partial charge in [-0.15, -0.1) is 0 Å². The molecular formula is C28H34O7SSi. The zero-order chi connectivity index (χ0) is 27.3. The summed E-state index contributed by atoms with van der Waals surface area (Å²) < 4.78 is 38.1. The van der Waals surface area contributed by atoms with Crippen molar-refractivity contribution in [2.24, 2.45) is 0 Å². The molecule has 0 aliphatic heterocycles. The quantitative estimate of drug-likeness (QED) is 0.299. The van der Waals surface area contributed by atoms with Gasteiger partial charge < -0.3 is 19.4 Å². The summed E-state index contributed by atoms with van der Waals surface area (Å²) in [4.78, 5) is 11.6. The summed E-state index contributed by atoms with van der Waals surface area (Å²) >= 11 is 0. The minimum atomic E-state index is -4.32. The van der Waals surface area contributed by atoms with E-state index in [2.05, 4.69) is 20.8 Å². The number of carbonyl (C=O) groups is 1. The summed E-state index contributed by atoms with van der Waals surface area (Å²) in [5, 5.41) is 23.5. The molecule has 7 nitrogen and oxygen atoms in total. The van der Waals surface area contributed by atoms with Gasteiger partial charge >= 0.3 is 5.97 Å². The van der Waals surface area contributed by atoms with E-state index >= 15 is 0 Å². The third kappa shape index (κ3) is 6.19. The van der Waals surface area contributed by atoms with Gasteiger partial charge in [-0.25, -0.2) is 8.42 Å². The second-order valence-corrected chi connectivity index (χ2v) is 16.2. The van der Waals surface area contributed by atoms with Crippen molar-refractivity contribution in [3.05, 3.63) is 91.0 Å². The lowest BCUT2D eigenvalue weighted by Gasteiger charge is -2.43. The first-order chi connectivity index (χ1) is 17.4. The summed E-state index contributed by atoms with van der Waals surface area (Å²) in [6, 6.07) is 26.8. The van der Waals surface area contributed by atoms with E-state index in [-0.39, 0.29) is 11.5 Å². The molecule has 9 heteroatoms. The van der Waals surface area contributed by atoms with Gasteiger partial charge in [0.25, 0.3) is 8.32 Å². The van der Waals surface area contributed by atoms with Crippen LogP contribution in [0.25, 0.3) is 0 Å². The van der Waals surface area contributed by atoms with Crippen LogP contribution in [0.15, 0.2) is 95.9 Å². The molecule has 3 aromatic carbocycles. The molecule has 37 heavy (non-hydrogen) atoms. The molecule has 0 saturated heterocycles. The van der Waals surface area contributed by atoms with Crippen molar-refractivity contribution < 1.29 is 32.6 Å². The van der Waals surface area contributed by atoms with Gasteiger partial charge in [-0.3, -0.25) is 4.79 Å². The van der Waals surface area contributed by atoms with E-state index in [1.807, 2.05) is 60.7 Å². The van der Waals surface area contributed by atoms with Gasteiger partial charge in [0.15, 0.2) is 0 Å². The van der Waals surface area contributed by atoms with Crippen LogP contribution in [0.5, 0.6) is 0 Å². The highest BCUT2D eigenvalue weighted by Crippen LogP contribution is 2.37. The molecule has 0 aromatic heterocycles. The maximum absolute atomic E-state index is 13.2. The summed E-state index contributed by atoms with van der Waals surface area (Å²) in [6.45, 7) is 6.85. The minimum absolute atomic E-state index is 0.139. The molecule has 0 aliphatic carbocycles. The first-order valence-electron chi connectivity index (χ1n) is 12.0. The van der Waals surface area contributed by atoms with E-state index in [9.17, 15) is 23.4 Å². The molecule has 0 radical (unpaired) electrons. The Morgan fingerprint density at radius 1 is 0.838 bits per heavy atom. The molecule has 0 spiro atoms. The topological polar surface area (TPSA) is 110 Å². The molecular weight excluding hydrogens is 508 g/mol. The number of rotatable bonds is 10. The highest BCUT2D eigenvalue weighted by atomic mass is 32.2. The van der Waals surface area contributed by atoms with E-state index < -0.39 is 46.8 Å². The van der Waals surface area contributed by atoms with E-state index in [0.29, 0.717) is 0 Å². The Hall–Kier alpha value is -2.82. The Morgan fingerprint density at radius 3 is 1.68 bits per heavy atom. The fourth-order valence-corrected chi connectivity index (χ4v) is 10.7. The van der Waals surface area contributed by atoms with Crippen molar-refractivity contribution >= 4 is 34.5 Å². The number of aliphatic hydroxyl groups excluding tert-OH is 2. The van der Waals surface area contributed by atoms with Crippen LogP contribution in [-0.2, 0) is 23.8 Å². The molecule has 0 fully saturated rings. The highest BCUT2D eigenvalue weighted by Gasteiger charge is 2.51. The number of benzene rings is 3. The van der Waals surface area contributed by atoms with Crippen molar-refractivity contribution in [1.29, 1.82) is 0 Å². The molecule has 0 bridgehead atoms. The summed E-state index contributed by atoms with van der Waals surface area (Å²) in [7, 11) is -7.39. The molecule has 198 valence electrons. The van der Waals surface area contributed by atoms with E-state index in [1.54, 1.807) is 6.07 Å². The van der Waals surface area contributed by atoms with Crippen LogP contribution in [0.4, 0.5) is 0 Å². The monoisotopic (exact) mass is 542 g/mol. The number of ether oxygens (including phenoxy) is 1. The minimum Gasteiger partial charge on any atom is -0.443 e. The van der Waals surface area contributed by atoms with Gasteiger partial charge in [0.05, 0.1) is 11.5 Å². The van der Waals surface area contributed by atoms with E-state index in [4.69, 9.17) is 9.16 Å². The maximum Gasteiger partial charge on any atom is 0.304 e. The first-order valence-corrected chi connectivity index (χ1v) is 15.4. The van der Waals surface area contributed by atoms with Crippen molar-refractivity contribution in [2.45, 2.75) is 55.3 Å². The van der Waals surface area contributed by atoms with Crippen LogP contribution in [0.2, 0.25) is 5.04 Å². The molecule has 2 N–H and O–H groups in total. The van der Waals surface area contributed by atoms with Gasteiger partial charge in [-0.1, -0.05) is 99.6 Å². The molecule has 3 atom stereocenters. The lowest BCUT2D eigenvalue weighted by molar-refractivity contribution is -0.150. The van der Waals surface area contributed by atoms with Crippen LogP contribution in [0.1, 0.15) is 27.7 Å². The fourth-order valence-electron chi connectivity index (χ4n) is 4.48. The highest BCUT2D eigenvalue weighted by molar-refractivity contribution is 7.92. The van der Waals surface area contributed by atoms with Crippen molar-refractivity contribution in [3.63, 3.8) is 0 Å². The average molecular weight is 543 g/mol. The van der Waals surface area contributed by atoms with Gasteiger partial charge in [-0.05, 0) is 27.5 Å². The smallest absolute Gasteiger partial charge is 0.304 e. The average Bonchev–Trinajstić information content (AvgIpc) is 2.88. The molecule has 3 rings (SSSR count). The molecule has 3 aromatic rings. The number of esters is 1. The number of carbonyl (C=O) groups excluding carboxylic acids is 1. The Labute approximate surface area is 219 Å². The Morgan fingerprint density at radius 2 is 1.27 bits per heavy atom. The molecule has 0 saturated carbocycles. The van der Waals surface area contributed by atoms with Crippen molar-refractivity contribution in [1.82, 2.24) is 0 Å². The van der Waals surface area contributed by atoms with Crippen LogP contribution < -0.4 is 10.4 Å². The van der Waals surface area contributed by atoms with Crippen LogP contribution in [0, 0.1) is 0 Å². The predicted molar refractivity (Wildman–Crippen MR) is 145 cm³/mol. The maximum atomic E-state index is 13.2. The Bertz CT molecular complexity index is 1220. The molecule has 0 unspecified atom stereocenters. The molecule has 0 aliphatic rings. The Balaban J connectivity index is 1.99. The largest absolute Gasteiger partial charge is 0.443 e. The Kier molecular flexibility index (Phi) is 9.09. The number of aliphatic hydroxyl groups is 2. The van der Waals surface area contributed by atoms with E-state index in [1.165, 1.54) is 24.3 Å². The number of hydrogen-bond donors (Lipinski definition) is 2. The zero-order valence-corrected chi connectivity index (χ0v) is 23.3. The molecule has 0 heterocycles. The second kappa shape index (κ2) is 11.7.